The maximum absolute atomic E-state index is 11.5. The second kappa shape index (κ2) is 8.35. The Labute approximate surface area is 192 Å². The first-order valence-corrected chi connectivity index (χ1v) is 11.4. The van der Waals surface area contributed by atoms with Crippen LogP contribution in [0.4, 0.5) is 5.82 Å². The van der Waals surface area contributed by atoms with Crippen molar-refractivity contribution in [2.75, 3.05) is 4.90 Å². The normalized spacial score (nSPS) is 18.3. The van der Waals surface area contributed by atoms with Crippen molar-refractivity contribution in [3.05, 3.63) is 60.0 Å². The summed E-state index contributed by atoms with van der Waals surface area (Å²) >= 11 is 0. The Hall–Kier alpha value is -3.68. The number of hydrogen-bond donors (Lipinski definition) is 1. The van der Waals surface area contributed by atoms with Crippen molar-refractivity contribution >= 4 is 22.8 Å². The molecule has 33 heavy (non-hydrogen) atoms. The number of nitrogens with zero attached hydrogens (tertiary/aromatic N) is 6. The van der Waals surface area contributed by atoms with Crippen LogP contribution in [-0.4, -0.2) is 47.5 Å². The fraction of sp³-hybridized carbons (Fsp3) is 0.360. The van der Waals surface area contributed by atoms with Crippen molar-refractivity contribution in [3.63, 3.8) is 0 Å². The lowest BCUT2D eigenvalue weighted by Gasteiger charge is -2.27. The van der Waals surface area contributed by atoms with Crippen molar-refractivity contribution in [2.24, 2.45) is 0 Å². The molecule has 1 saturated heterocycles. The molecule has 1 N–H and O–H groups in total. The van der Waals surface area contributed by atoms with Crippen molar-refractivity contribution in [2.45, 2.75) is 58.8 Å². The summed E-state index contributed by atoms with van der Waals surface area (Å²) in [4.78, 5) is 23.5. The number of aryl methyl sites for hydroxylation is 1. The highest BCUT2D eigenvalue weighted by molar-refractivity contribution is 5.93. The summed E-state index contributed by atoms with van der Waals surface area (Å²) in [5.74, 6) is 0.767. The lowest BCUT2D eigenvalue weighted by molar-refractivity contribution is 0.0697. The number of aromatic carboxylic acids is 1. The summed E-state index contributed by atoms with van der Waals surface area (Å²) in [5.41, 5.74) is 3.54. The van der Waals surface area contributed by atoms with Gasteiger partial charge in [0.2, 0.25) is 0 Å². The predicted molar refractivity (Wildman–Crippen MR) is 128 cm³/mol. The Bertz CT molecular complexity index is 1300. The van der Waals surface area contributed by atoms with Crippen LogP contribution in [0.5, 0.6) is 0 Å². The summed E-state index contributed by atoms with van der Waals surface area (Å²) in [6, 6.07) is 12.1. The van der Waals surface area contributed by atoms with Gasteiger partial charge in [-0.15, -0.1) is 0 Å². The second-order valence-electron chi connectivity index (χ2n) is 8.78. The summed E-state index contributed by atoms with van der Waals surface area (Å²) in [6.45, 7) is 7.88. The third-order valence-electron chi connectivity index (χ3n) is 6.56. The standard InChI is InChI=1S/C25H28N6O2/c1-4-29-12-11-20(28-29)15-30-22-9-7-18(25(32)33)13-21(22)27-24(30)19-8-10-23(26-14-19)31-16(2)5-6-17(31)3/h7-14,16-17H,4-6,15H2,1-3H3,(H,32,33)/t16-,17-/m0/s1. The molecule has 2 atom stereocenters. The van der Waals surface area contributed by atoms with Crippen LogP contribution in [0, 0.1) is 0 Å². The number of pyridine rings is 1. The predicted octanol–water partition coefficient (Wildman–Crippen LogP) is 4.44. The van der Waals surface area contributed by atoms with E-state index in [2.05, 4.69) is 47.5 Å². The van der Waals surface area contributed by atoms with Gasteiger partial charge in [-0.25, -0.2) is 14.8 Å². The molecule has 1 aliphatic heterocycles. The van der Waals surface area contributed by atoms with Gasteiger partial charge in [0.15, 0.2) is 0 Å². The van der Waals surface area contributed by atoms with E-state index in [1.807, 2.05) is 29.2 Å². The lowest BCUT2D eigenvalue weighted by Crippen LogP contribution is -2.33. The van der Waals surface area contributed by atoms with Gasteiger partial charge in [0.05, 0.1) is 28.8 Å². The molecule has 8 heteroatoms. The molecule has 0 aliphatic carbocycles. The number of aromatic nitrogens is 5. The average Bonchev–Trinajstić information content (AvgIpc) is 3.51. The van der Waals surface area contributed by atoms with E-state index in [1.165, 1.54) is 12.8 Å². The largest absolute Gasteiger partial charge is 0.478 e. The smallest absolute Gasteiger partial charge is 0.335 e. The molecule has 0 radical (unpaired) electrons. The van der Waals surface area contributed by atoms with Crippen LogP contribution in [0.3, 0.4) is 0 Å². The second-order valence-corrected chi connectivity index (χ2v) is 8.78. The van der Waals surface area contributed by atoms with E-state index in [-0.39, 0.29) is 5.56 Å². The molecule has 0 amide bonds. The first kappa shape index (κ1) is 21.2. The van der Waals surface area contributed by atoms with Gasteiger partial charge in [-0.1, -0.05) is 0 Å². The molecule has 0 spiro atoms. The molecule has 1 aliphatic rings. The first-order chi connectivity index (χ1) is 15.9. The number of benzene rings is 1. The molecular weight excluding hydrogens is 416 g/mol. The summed E-state index contributed by atoms with van der Waals surface area (Å²) in [5, 5.41) is 14.0. The van der Waals surface area contributed by atoms with E-state index in [1.54, 1.807) is 12.1 Å². The highest BCUT2D eigenvalue weighted by Crippen LogP contribution is 2.31. The van der Waals surface area contributed by atoms with Gasteiger partial charge in [0.1, 0.15) is 11.6 Å². The minimum atomic E-state index is -0.963. The Kier molecular flexibility index (Phi) is 5.36. The quantitative estimate of drug-likeness (QED) is 0.473. The molecule has 4 heterocycles. The van der Waals surface area contributed by atoms with E-state index in [4.69, 9.17) is 9.97 Å². The van der Waals surface area contributed by atoms with Crippen molar-refractivity contribution in [1.29, 1.82) is 0 Å². The van der Waals surface area contributed by atoms with Crippen LogP contribution in [0.25, 0.3) is 22.4 Å². The molecule has 3 aromatic heterocycles. The van der Waals surface area contributed by atoms with Gasteiger partial charge in [-0.3, -0.25) is 4.68 Å². The SMILES string of the molecule is CCn1ccc(Cn2c(-c3ccc(N4[C@@H](C)CC[C@@H]4C)nc3)nc3cc(C(=O)O)ccc32)n1. The van der Waals surface area contributed by atoms with Crippen LogP contribution < -0.4 is 4.90 Å². The van der Waals surface area contributed by atoms with Crippen molar-refractivity contribution in [3.8, 4) is 11.4 Å². The number of hydrogen-bond acceptors (Lipinski definition) is 5. The number of fused-ring (bicyclic) bond motifs is 1. The van der Waals surface area contributed by atoms with Gasteiger partial charge < -0.3 is 14.6 Å². The highest BCUT2D eigenvalue weighted by Gasteiger charge is 2.28. The number of anilines is 1. The van der Waals surface area contributed by atoms with E-state index in [0.717, 1.165) is 35.0 Å². The Morgan fingerprint density at radius 3 is 2.55 bits per heavy atom. The first-order valence-electron chi connectivity index (χ1n) is 11.4. The maximum Gasteiger partial charge on any atom is 0.335 e. The zero-order chi connectivity index (χ0) is 23.1. The minimum Gasteiger partial charge on any atom is -0.478 e. The zero-order valence-corrected chi connectivity index (χ0v) is 19.1. The third kappa shape index (κ3) is 3.86. The number of carboxylic acid groups (broad SMARTS) is 1. The Morgan fingerprint density at radius 2 is 1.91 bits per heavy atom. The number of carboxylic acids is 1. The summed E-state index contributed by atoms with van der Waals surface area (Å²) < 4.78 is 3.98. The van der Waals surface area contributed by atoms with Crippen molar-refractivity contribution in [1.82, 2.24) is 24.3 Å². The van der Waals surface area contributed by atoms with Gasteiger partial charge in [0.25, 0.3) is 0 Å². The summed E-state index contributed by atoms with van der Waals surface area (Å²) in [6.07, 6.45) is 6.19. The summed E-state index contributed by atoms with van der Waals surface area (Å²) in [7, 11) is 0. The lowest BCUT2D eigenvalue weighted by atomic mass is 10.2. The zero-order valence-electron chi connectivity index (χ0n) is 19.1. The van der Waals surface area contributed by atoms with E-state index >= 15 is 0 Å². The molecule has 8 nitrogen and oxygen atoms in total. The van der Waals surface area contributed by atoms with E-state index < -0.39 is 5.97 Å². The van der Waals surface area contributed by atoms with Gasteiger partial charge in [-0.05, 0) is 70.0 Å². The number of carbonyl (C=O) groups is 1. The molecule has 0 bridgehead atoms. The molecule has 170 valence electrons. The topological polar surface area (TPSA) is 89.1 Å². The third-order valence-corrected chi connectivity index (χ3v) is 6.56. The number of imidazole rings is 1. The highest BCUT2D eigenvalue weighted by atomic mass is 16.4. The van der Waals surface area contributed by atoms with E-state index in [9.17, 15) is 9.90 Å². The van der Waals surface area contributed by atoms with Crippen LogP contribution in [0.2, 0.25) is 0 Å². The van der Waals surface area contributed by atoms with Crippen LogP contribution >= 0.6 is 0 Å². The van der Waals surface area contributed by atoms with Crippen LogP contribution in [-0.2, 0) is 13.1 Å². The maximum atomic E-state index is 11.5. The fourth-order valence-electron chi connectivity index (χ4n) is 4.79. The van der Waals surface area contributed by atoms with Crippen molar-refractivity contribution < 1.29 is 9.90 Å². The molecule has 0 unspecified atom stereocenters. The molecule has 0 saturated carbocycles. The average molecular weight is 445 g/mol. The molecule has 4 aromatic rings. The monoisotopic (exact) mass is 444 g/mol. The minimum absolute atomic E-state index is 0.222. The van der Waals surface area contributed by atoms with Gasteiger partial charge >= 0.3 is 5.97 Å². The Morgan fingerprint density at radius 1 is 1.12 bits per heavy atom. The molecular formula is C25H28N6O2. The molecule has 5 rings (SSSR count). The molecule has 1 fully saturated rings. The van der Waals surface area contributed by atoms with Gasteiger partial charge in [-0.2, -0.15) is 5.10 Å². The fourth-order valence-corrected chi connectivity index (χ4v) is 4.79. The van der Waals surface area contributed by atoms with Crippen LogP contribution in [0.15, 0.2) is 48.8 Å². The van der Waals surface area contributed by atoms with E-state index in [0.29, 0.717) is 24.1 Å². The Balaban J connectivity index is 1.57. The van der Waals surface area contributed by atoms with Gasteiger partial charge in [0, 0.05) is 36.6 Å². The number of rotatable bonds is 6. The molecule has 1 aromatic carbocycles. The van der Waals surface area contributed by atoms with Crippen LogP contribution in [0.1, 0.15) is 49.7 Å².